The number of hydrogen-bond acceptors (Lipinski definition) is 7. The van der Waals surface area contributed by atoms with Gasteiger partial charge in [-0.05, 0) is 27.7 Å². The number of rotatable bonds is 6. The van der Waals surface area contributed by atoms with Gasteiger partial charge in [0.05, 0.1) is 22.3 Å². The molecule has 22 heavy (non-hydrogen) atoms. The molecule has 120 valence electrons. The standard InChI is InChI=1S/C13H20N6OS2/c1-6-14-12-16-17-13(22-12)21-9(4)11(20)15-10-7(2)18-19(5)8(10)3/h9H,6H2,1-5H3,(H,14,16)(H,15,20)/t9-/m1/s1. The van der Waals surface area contributed by atoms with Crippen molar-refractivity contribution in [3.63, 3.8) is 0 Å². The summed E-state index contributed by atoms with van der Waals surface area (Å²) in [7, 11) is 1.86. The summed E-state index contributed by atoms with van der Waals surface area (Å²) in [5, 5.41) is 19.0. The van der Waals surface area contributed by atoms with Gasteiger partial charge in [-0.2, -0.15) is 5.10 Å². The van der Waals surface area contributed by atoms with Gasteiger partial charge in [0.1, 0.15) is 0 Å². The average Bonchev–Trinajstić information content (AvgIpc) is 2.99. The van der Waals surface area contributed by atoms with Gasteiger partial charge >= 0.3 is 0 Å². The zero-order valence-electron chi connectivity index (χ0n) is 13.3. The largest absolute Gasteiger partial charge is 0.360 e. The Morgan fingerprint density at radius 2 is 2.14 bits per heavy atom. The van der Waals surface area contributed by atoms with Gasteiger partial charge in [-0.1, -0.05) is 23.1 Å². The molecule has 2 N–H and O–H groups in total. The monoisotopic (exact) mass is 340 g/mol. The second-order valence-electron chi connectivity index (χ2n) is 4.82. The number of carbonyl (C=O) groups excluding carboxylic acids is 1. The van der Waals surface area contributed by atoms with E-state index in [1.54, 1.807) is 4.68 Å². The molecule has 0 spiro atoms. The molecule has 0 bridgehead atoms. The van der Waals surface area contributed by atoms with Gasteiger partial charge in [0.2, 0.25) is 11.0 Å². The average molecular weight is 340 g/mol. The number of nitrogens with one attached hydrogen (secondary N) is 2. The minimum Gasteiger partial charge on any atom is -0.360 e. The quantitative estimate of drug-likeness (QED) is 0.786. The fraction of sp³-hybridized carbons (Fsp3) is 0.538. The smallest absolute Gasteiger partial charge is 0.237 e. The van der Waals surface area contributed by atoms with Gasteiger partial charge in [0.15, 0.2) is 4.34 Å². The van der Waals surface area contributed by atoms with Crippen LogP contribution in [0.4, 0.5) is 10.8 Å². The van der Waals surface area contributed by atoms with Crippen molar-refractivity contribution >= 4 is 39.8 Å². The fourth-order valence-electron chi connectivity index (χ4n) is 1.86. The lowest BCUT2D eigenvalue weighted by atomic mass is 10.3. The second kappa shape index (κ2) is 7.10. The minimum atomic E-state index is -0.263. The highest BCUT2D eigenvalue weighted by Gasteiger charge is 2.20. The highest BCUT2D eigenvalue weighted by atomic mass is 32.2. The minimum absolute atomic E-state index is 0.0654. The zero-order chi connectivity index (χ0) is 16.3. The highest BCUT2D eigenvalue weighted by Crippen LogP contribution is 2.29. The van der Waals surface area contributed by atoms with Crippen molar-refractivity contribution in [1.82, 2.24) is 20.0 Å². The Labute approximate surface area is 137 Å². The molecule has 0 aromatic carbocycles. The number of aromatic nitrogens is 4. The summed E-state index contributed by atoms with van der Waals surface area (Å²) in [4.78, 5) is 12.3. The number of aryl methyl sites for hydroxylation is 2. The molecule has 7 nitrogen and oxygen atoms in total. The van der Waals surface area contributed by atoms with Crippen molar-refractivity contribution in [2.75, 3.05) is 17.2 Å². The van der Waals surface area contributed by atoms with E-state index >= 15 is 0 Å². The maximum absolute atomic E-state index is 12.3. The molecule has 0 fully saturated rings. The van der Waals surface area contributed by atoms with Crippen molar-refractivity contribution in [2.45, 2.75) is 37.3 Å². The van der Waals surface area contributed by atoms with Gasteiger partial charge in [-0.3, -0.25) is 9.48 Å². The number of carbonyl (C=O) groups is 1. The van der Waals surface area contributed by atoms with Gasteiger partial charge < -0.3 is 10.6 Å². The molecule has 0 aliphatic heterocycles. The summed E-state index contributed by atoms with van der Waals surface area (Å²) in [6.45, 7) is 8.47. The van der Waals surface area contributed by atoms with Gasteiger partial charge in [0, 0.05) is 13.6 Å². The van der Waals surface area contributed by atoms with E-state index in [4.69, 9.17) is 0 Å². The zero-order valence-corrected chi connectivity index (χ0v) is 14.9. The molecule has 9 heteroatoms. The van der Waals surface area contributed by atoms with Crippen molar-refractivity contribution in [2.24, 2.45) is 7.05 Å². The number of nitrogens with zero attached hydrogens (tertiary/aromatic N) is 4. The Morgan fingerprint density at radius 3 is 2.73 bits per heavy atom. The molecule has 2 rings (SSSR count). The summed E-state index contributed by atoms with van der Waals surface area (Å²) in [5.41, 5.74) is 2.54. The summed E-state index contributed by atoms with van der Waals surface area (Å²) < 4.78 is 2.54. The van der Waals surface area contributed by atoms with E-state index in [2.05, 4.69) is 25.9 Å². The molecular formula is C13H20N6OS2. The van der Waals surface area contributed by atoms with Crippen LogP contribution in [0.25, 0.3) is 0 Å². The van der Waals surface area contributed by atoms with Crippen LogP contribution in [-0.2, 0) is 11.8 Å². The summed E-state index contributed by atoms with van der Waals surface area (Å²) >= 11 is 2.85. The van der Waals surface area contributed by atoms with E-state index < -0.39 is 0 Å². The SMILES string of the molecule is CCNc1nnc(S[C@H](C)C(=O)Nc2c(C)nn(C)c2C)s1. The van der Waals surface area contributed by atoms with Crippen LogP contribution < -0.4 is 10.6 Å². The normalized spacial score (nSPS) is 12.2. The Balaban J connectivity index is 1.99. The van der Waals surface area contributed by atoms with E-state index in [-0.39, 0.29) is 11.2 Å². The molecule has 0 unspecified atom stereocenters. The first-order chi connectivity index (χ1) is 10.4. The lowest BCUT2D eigenvalue weighted by molar-refractivity contribution is -0.115. The maximum atomic E-state index is 12.3. The molecule has 0 saturated heterocycles. The Morgan fingerprint density at radius 1 is 1.41 bits per heavy atom. The molecule has 0 saturated carbocycles. The Bertz CT molecular complexity index is 666. The van der Waals surface area contributed by atoms with Gasteiger partial charge in [-0.15, -0.1) is 10.2 Å². The molecule has 2 aromatic heterocycles. The topological polar surface area (TPSA) is 84.7 Å². The number of amides is 1. The molecule has 2 heterocycles. The van der Waals surface area contributed by atoms with Crippen LogP contribution in [-0.4, -0.2) is 37.7 Å². The summed E-state index contributed by atoms with van der Waals surface area (Å²) in [6.07, 6.45) is 0. The Kier molecular flexibility index (Phi) is 5.41. The van der Waals surface area contributed by atoms with Crippen LogP contribution >= 0.6 is 23.1 Å². The van der Waals surface area contributed by atoms with E-state index in [0.717, 1.165) is 33.1 Å². The molecule has 1 atom stereocenters. The number of hydrogen-bond donors (Lipinski definition) is 2. The number of anilines is 2. The van der Waals surface area contributed by atoms with E-state index in [1.165, 1.54) is 23.1 Å². The van der Waals surface area contributed by atoms with Crippen LogP contribution in [0.2, 0.25) is 0 Å². The Hall–Kier alpha value is -1.61. The molecular weight excluding hydrogens is 320 g/mol. The molecule has 0 aliphatic carbocycles. The van der Waals surface area contributed by atoms with E-state index in [9.17, 15) is 4.79 Å². The van der Waals surface area contributed by atoms with Crippen LogP contribution in [0, 0.1) is 13.8 Å². The third kappa shape index (κ3) is 3.77. The molecule has 0 radical (unpaired) electrons. The van der Waals surface area contributed by atoms with Crippen LogP contribution in [0.3, 0.4) is 0 Å². The fourth-order valence-corrected chi connectivity index (χ4v) is 3.83. The first kappa shape index (κ1) is 16.8. The third-order valence-electron chi connectivity index (χ3n) is 3.14. The van der Waals surface area contributed by atoms with Gasteiger partial charge in [-0.25, -0.2) is 0 Å². The predicted molar refractivity (Wildman–Crippen MR) is 90.7 cm³/mol. The first-order valence-corrected chi connectivity index (χ1v) is 8.67. The van der Waals surface area contributed by atoms with Crippen LogP contribution in [0.15, 0.2) is 4.34 Å². The highest BCUT2D eigenvalue weighted by molar-refractivity contribution is 8.02. The predicted octanol–water partition coefficient (Wildman–Crippen LogP) is 2.44. The van der Waals surface area contributed by atoms with E-state index in [1.807, 2.05) is 34.7 Å². The van der Waals surface area contributed by atoms with Crippen LogP contribution in [0.1, 0.15) is 25.2 Å². The molecule has 2 aromatic rings. The van der Waals surface area contributed by atoms with E-state index in [0.29, 0.717) is 0 Å². The van der Waals surface area contributed by atoms with Crippen LogP contribution in [0.5, 0.6) is 0 Å². The summed E-state index contributed by atoms with van der Waals surface area (Å²) in [6, 6.07) is 0. The molecule has 1 amide bonds. The second-order valence-corrected chi connectivity index (χ2v) is 7.39. The maximum Gasteiger partial charge on any atom is 0.237 e. The molecule has 0 aliphatic rings. The first-order valence-electron chi connectivity index (χ1n) is 6.97. The van der Waals surface area contributed by atoms with Crippen molar-refractivity contribution in [3.8, 4) is 0 Å². The third-order valence-corrected chi connectivity index (χ3v) is 5.20. The lowest BCUT2D eigenvalue weighted by Crippen LogP contribution is -2.23. The lowest BCUT2D eigenvalue weighted by Gasteiger charge is -2.10. The van der Waals surface area contributed by atoms with Crippen molar-refractivity contribution in [1.29, 1.82) is 0 Å². The van der Waals surface area contributed by atoms with Gasteiger partial charge in [0.25, 0.3) is 0 Å². The number of thioether (sulfide) groups is 1. The van der Waals surface area contributed by atoms with Crippen molar-refractivity contribution < 1.29 is 4.79 Å². The summed E-state index contributed by atoms with van der Waals surface area (Å²) in [5.74, 6) is -0.0654. The van der Waals surface area contributed by atoms with Crippen molar-refractivity contribution in [3.05, 3.63) is 11.4 Å².